The van der Waals surface area contributed by atoms with Crippen molar-refractivity contribution in [3.63, 3.8) is 0 Å². The third-order valence-electron chi connectivity index (χ3n) is 2.75. The summed E-state index contributed by atoms with van der Waals surface area (Å²) in [6.45, 7) is 0. The van der Waals surface area contributed by atoms with Crippen molar-refractivity contribution in [3.8, 4) is 0 Å². The van der Waals surface area contributed by atoms with Gasteiger partial charge in [-0.3, -0.25) is 4.31 Å². The molecular weight excluding hydrogens is 270 g/mol. The fourth-order valence-corrected chi connectivity index (χ4v) is 2.82. The summed E-state index contributed by atoms with van der Waals surface area (Å²) >= 11 is 4.88. The quantitative estimate of drug-likeness (QED) is 0.783. The first-order valence-corrected chi connectivity index (χ1v) is 7.41. The lowest BCUT2D eigenvalue weighted by Crippen LogP contribution is -2.39. The number of nitrogens with two attached hydrogens (primary N) is 1. The van der Waals surface area contributed by atoms with Gasteiger partial charge in [0.1, 0.15) is 4.99 Å². The largest absolute Gasteiger partial charge is 0.389 e. The number of hydrogen-bond donors (Lipinski definition) is 2. The summed E-state index contributed by atoms with van der Waals surface area (Å²) in [5.74, 6) is 0. The van der Waals surface area contributed by atoms with Gasteiger partial charge in [0.15, 0.2) is 0 Å². The normalized spacial score (nSPS) is 15.4. The van der Waals surface area contributed by atoms with Gasteiger partial charge in [-0.2, -0.15) is 13.1 Å². The maximum atomic E-state index is 12.0. The van der Waals surface area contributed by atoms with Crippen molar-refractivity contribution in [2.45, 2.75) is 18.9 Å². The molecule has 98 valence electrons. The summed E-state index contributed by atoms with van der Waals surface area (Å²) in [6.07, 6.45) is 1.81. The summed E-state index contributed by atoms with van der Waals surface area (Å²) in [4.78, 5) is 0.248. The van der Waals surface area contributed by atoms with Crippen LogP contribution in [-0.2, 0) is 10.2 Å². The zero-order valence-corrected chi connectivity index (χ0v) is 11.6. The third kappa shape index (κ3) is 2.98. The van der Waals surface area contributed by atoms with Crippen LogP contribution in [0.2, 0.25) is 0 Å². The van der Waals surface area contributed by atoms with Crippen molar-refractivity contribution < 1.29 is 8.42 Å². The second-order valence-electron chi connectivity index (χ2n) is 4.28. The highest BCUT2D eigenvalue weighted by molar-refractivity contribution is 7.90. The van der Waals surface area contributed by atoms with Crippen LogP contribution >= 0.6 is 12.2 Å². The molecule has 2 rings (SSSR count). The van der Waals surface area contributed by atoms with Gasteiger partial charge in [-0.15, -0.1) is 0 Å². The number of nitrogens with one attached hydrogen (secondary N) is 1. The molecule has 0 aromatic heterocycles. The van der Waals surface area contributed by atoms with Crippen LogP contribution in [0.1, 0.15) is 18.4 Å². The molecule has 1 aliphatic rings. The molecule has 0 unspecified atom stereocenters. The van der Waals surface area contributed by atoms with Crippen molar-refractivity contribution in [3.05, 3.63) is 29.8 Å². The van der Waals surface area contributed by atoms with Crippen molar-refractivity contribution in [1.29, 1.82) is 0 Å². The summed E-state index contributed by atoms with van der Waals surface area (Å²) in [7, 11) is -1.99. The minimum absolute atomic E-state index is 0.0798. The Morgan fingerprint density at radius 2 is 2.17 bits per heavy atom. The summed E-state index contributed by atoms with van der Waals surface area (Å²) < 4.78 is 27.8. The maximum absolute atomic E-state index is 12.0. The molecule has 1 saturated carbocycles. The third-order valence-corrected chi connectivity index (χ3v) is 4.55. The Bertz CT molecular complexity index is 567. The molecular formula is C11H15N3O2S2. The van der Waals surface area contributed by atoms with Gasteiger partial charge in [0, 0.05) is 18.7 Å². The number of benzene rings is 1. The molecule has 0 bridgehead atoms. The summed E-state index contributed by atoms with van der Waals surface area (Å²) in [5.41, 5.74) is 6.72. The molecule has 0 radical (unpaired) electrons. The van der Waals surface area contributed by atoms with Crippen LogP contribution in [0.3, 0.4) is 0 Å². The maximum Gasteiger partial charge on any atom is 0.301 e. The van der Waals surface area contributed by atoms with E-state index in [0.717, 1.165) is 12.8 Å². The van der Waals surface area contributed by atoms with Gasteiger partial charge >= 0.3 is 10.2 Å². The first kappa shape index (κ1) is 13.3. The Morgan fingerprint density at radius 1 is 1.50 bits per heavy atom. The molecule has 5 nitrogen and oxygen atoms in total. The fourth-order valence-electron chi connectivity index (χ4n) is 1.48. The van der Waals surface area contributed by atoms with E-state index in [1.165, 1.54) is 11.4 Å². The average molecular weight is 285 g/mol. The van der Waals surface area contributed by atoms with Gasteiger partial charge < -0.3 is 5.73 Å². The van der Waals surface area contributed by atoms with E-state index >= 15 is 0 Å². The van der Waals surface area contributed by atoms with Gasteiger partial charge in [-0.05, 0) is 25.0 Å². The van der Waals surface area contributed by atoms with E-state index < -0.39 is 10.2 Å². The first-order valence-electron chi connectivity index (χ1n) is 5.56. The molecule has 18 heavy (non-hydrogen) atoms. The highest BCUT2D eigenvalue weighted by atomic mass is 32.2. The SMILES string of the molecule is CN(c1cccc(C(N)=S)c1)S(=O)(=O)NC1CC1. The highest BCUT2D eigenvalue weighted by Gasteiger charge is 2.29. The van der Waals surface area contributed by atoms with Crippen LogP contribution in [0.5, 0.6) is 0 Å². The van der Waals surface area contributed by atoms with E-state index in [-0.39, 0.29) is 11.0 Å². The predicted octanol–water partition coefficient (Wildman–Crippen LogP) is 0.754. The van der Waals surface area contributed by atoms with Gasteiger partial charge in [-0.1, -0.05) is 24.4 Å². The van der Waals surface area contributed by atoms with E-state index in [0.29, 0.717) is 11.3 Å². The monoisotopic (exact) mass is 285 g/mol. The molecule has 0 atom stereocenters. The first-order chi connectivity index (χ1) is 8.40. The smallest absolute Gasteiger partial charge is 0.301 e. The Morgan fingerprint density at radius 3 is 2.72 bits per heavy atom. The van der Waals surface area contributed by atoms with Crippen molar-refractivity contribution in [1.82, 2.24) is 4.72 Å². The van der Waals surface area contributed by atoms with E-state index in [2.05, 4.69) is 4.72 Å². The lowest BCUT2D eigenvalue weighted by molar-refractivity contribution is 0.579. The molecule has 0 spiro atoms. The van der Waals surface area contributed by atoms with E-state index in [4.69, 9.17) is 18.0 Å². The molecule has 1 aromatic carbocycles. The number of anilines is 1. The zero-order valence-electron chi connectivity index (χ0n) is 9.96. The Hall–Kier alpha value is -1.18. The molecule has 0 aliphatic heterocycles. The number of rotatable bonds is 5. The van der Waals surface area contributed by atoms with Crippen molar-refractivity contribution in [2.75, 3.05) is 11.4 Å². The number of nitrogens with zero attached hydrogens (tertiary/aromatic N) is 1. The molecule has 1 aliphatic carbocycles. The molecule has 1 fully saturated rings. The van der Waals surface area contributed by atoms with E-state index in [9.17, 15) is 8.42 Å². The minimum Gasteiger partial charge on any atom is -0.389 e. The lowest BCUT2D eigenvalue weighted by Gasteiger charge is -2.20. The van der Waals surface area contributed by atoms with E-state index in [1.54, 1.807) is 24.3 Å². The molecule has 1 aromatic rings. The van der Waals surface area contributed by atoms with Crippen LogP contribution < -0.4 is 14.8 Å². The van der Waals surface area contributed by atoms with Crippen molar-refractivity contribution >= 4 is 33.1 Å². The second-order valence-corrected chi connectivity index (χ2v) is 6.45. The summed E-state index contributed by atoms with van der Waals surface area (Å²) in [5, 5.41) is 0. The highest BCUT2D eigenvalue weighted by Crippen LogP contribution is 2.23. The second kappa shape index (κ2) is 4.83. The van der Waals surface area contributed by atoms with E-state index in [1.807, 2.05) is 0 Å². The Labute approximate surface area is 112 Å². The minimum atomic E-state index is -3.49. The fraction of sp³-hybridized carbons (Fsp3) is 0.364. The van der Waals surface area contributed by atoms with Crippen molar-refractivity contribution in [2.24, 2.45) is 5.73 Å². The van der Waals surface area contributed by atoms with Crippen LogP contribution in [0.25, 0.3) is 0 Å². The Balaban J connectivity index is 2.24. The molecule has 0 saturated heterocycles. The van der Waals surface area contributed by atoms with Gasteiger partial charge in [0.25, 0.3) is 0 Å². The van der Waals surface area contributed by atoms with Gasteiger partial charge in [-0.25, -0.2) is 0 Å². The van der Waals surface area contributed by atoms with Crippen LogP contribution in [0, 0.1) is 0 Å². The van der Waals surface area contributed by atoms with Crippen LogP contribution in [0.4, 0.5) is 5.69 Å². The molecule has 3 N–H and O–H groups in total. The van der Waals surface area contributed by atoms with Gasteiger partial charge in [0.2, 0.25) is 0 Å². The molecule has 0 amide bonds. The summed E-state index contributed by atoms with van der Waals surface area (Å²) in [6, 6.07) is 6.92. The standard InChI is InChI=1S/C11H15N3O2S2/c1-14(18(15,16)13-9-5-6-9)10-4-2-3-8(7-10)11(12)17/h2-4,7,9,13H,5-6H2,1H3,(H2,12,17). The topological polar surface area (TPSA) is 75.4 Å². The number of thiocarbonyl (C=S) groups is 1. The number of hydrogen-bond acceptors (Lipinski definition) is 3. The predicted molar refractivity (Wildman–Crippen MR) is 75.8 cm³/mol. The molecule has 7 heteroatoms. The molecule has 0 heterocycles. The Kier molecular flexibility index (Phi) is 3.56. The van der Waals surface area contributed by atoms with Crippen LogP contribution in [0.15, 0.2) is 24.3 Å². The average Bonchev–Trinajstić information content (AvgIpc) is 3.11. The van der Waals surface area contributed by atoms with Crippen LogP contribution in [-0.4, -0.2) is 26.5 Å². The van der Waals surface area contributed by atoms with Gasteiger partial charge in [0.05, 0.1) is 5.69 Å². The lowest BCUT2D eigenvalue weighted by atomic mass is 10.2. The zero-order chi connectivity index (χ0) is 13.3.